The lowest BCUT2D eigenvalue weighted by Gasteiger charge is -2.24. The minimum absolute atomic E-state index is 0.00947. The molecule has 1 amide bonds. The standard InChI is InChI=1S/C29H29ClFN5O2/c1-35(2)14-5-8-26(37)36-15-4-6-20(36)18-38-25-17-32-13-11-21(25)28-27(22-16-19(30)9-10-23(22)31)29-24(34-28)7-3-12-33-29/h3,5,7-13,16-17,20,34H,4,6,14-15,18H2,1-2H3/b8-5+/t20-/m0/s1. The number of carbonyl (C=O) groups excluding carboxylic acids is 1. The number of hydrogen-bond donors (Lipinski definition) is 1. The van der Waals surface area contributed by atoms with Gasteiger partial charge in [0, 0.05) is 53.3 Å². The van der Waals surface area contributed by atoms with Gasteiger partial charge in [-0.15, -0.1) is 0 Å². The highest BCUT2D eigenvalue weighted by Crippen LogP contribution is 2.42. The first kappa shape index (κ1) is 25.9. The Morgan fingerprint density at radius 3 is 2.97 bits per heavy atom. The van der Waals surface area contributed by atoms with E-state index in [0.717, 1.165) is 18.4 Å². The van der Waals surface area contributed by atoms with Crippen LogP contribution in [0.3, 0.4) is 0 Å². The number of rotatable bonds is 8. The number of halogens is 2. The summed E-state index contributed by atoms with van der Waals surface area (Å²) in [6.07, 6.45) is 10.3. The molecule has 1 aromatic carbocycles. The minimum Gasteiger partial charge on any atom is -0.489 e. The third kappa shape index (κ3) is 5.42. The van der Waals surface area contributed by atoms with Crippen LogP contribution in [0, 0.1) is 5.82 Å². The van der Waals surface area contributed by atoms with Crippen LogP contribution in [0.25, 0.3) is 33.4 Å². The summed E-state index contributed by atoms with van der Waals surface area (Å²) >= 11 is 6.25. The molecule has 196 valence electrons. The number of hydrogen-bond acceptors (Lipinski definition) is 5. The van der Waals surface area contributed by atoms with E-state index in [1.807, 2.05) is 48.2 Å². The van der Waals surface area contributed by atoms with Crippen molar-refractivity contribution in [3.05, 3.63) is 78.0 Å². The Balaban J connectivity index is 1.46. The number of aromatic amines is 1. The maximum atomic E-state index is 15.1. The topological polar surface area (TPSA) is 74.3 Å². The summed E-state index contributed by atoms with van der Waals surface area (Å²) in [5.41, 5.74) is 3.70. The molecule has 1 aliphatic rings. The van der Waals surface area contributed by atoms with E-state index < -0.39 is 5.82 Å². The summed E-state index contributed by atoms with van der Waals surface area (Å²) in [5.74, 6) is 0.121. The number of pyridine rings is 2. The Kier molecular flexibility index (Phi) is 7.72. The summed E-state index contributed by atoms with van der Waals surface area (Å²) in [6.45, 7) is 1.73. The summed E-state index contributed by atoms with van der Waals surface area (Å²) in [4.78, 5) is 28.8. The molecule has 0 spiro atoms. The van der Waals surface area contributed by atoms with E-state index in [2.05, 4.69) is 15.0 Å². The number of nitrogens with one attached hydrogen (secondary N) is 1. The smallest absolute Gasteiger partial charge is 0.246 e. The van der Waals surface area contributed by atoms with Crippen LogP contribution in [0.1, 0.15) is 12.8 Å². The number of carbonyl (C=O) groups is 1. The average molecular weight is 534 g/mol. The fraction of sp³-hybridized carbons (Fsp3) is 0.276. The number of fused-ring (bicyclic) bond motifs is 1. The van der Waals surface area contributed by atoms with Crippen molar-refractivity contribution in [1.29, 1.82) is 0 Å². The molecule has 5 rings (SSSR count). The lowest BCUT2D eigenvalue weighted by molar-refractivity contribution is -0.127. The second-order valence-corrected chi connectivity index (χ2v) is 10.0. The highest BCUT2D eigenvalue weighted by molar-refractivity contribution is 6.31. The van der Waals surface area contributed by atoms with Crippen LogP contribution in [0.15, 0.2) is 67.1 Å². The lowest BCUT2D eigenvalue weighted by atomic mass is 10.00. The van der Waals surface area contributed by atoms with Gasteiger partial charge in [0.25, 0.3) is 0 Å². The van der Waals surface area contributed by atoms with Gasteiger partial charge in [-0.25, -0.2) is 4.39 Å². The SMILES string of the molecule is CN(C)C/C=C/C(=O)N1CCC[C@H]1COc1cnccc1-c1[nH]c2cccnc2c1-c1cc(Cl)ccc1F. The van der Waals surface area contributed by atoms with Crippen molar-refractivity contribution in [3.8, 4) is 28.1 Å². The van der Waals surface area contributed by atoms with Gasteiger partial charge < -0.3 is 19.5 Å². The lowest BCUT2D eigenvalue weighted by Crippen LogP contribution is -2.38. The Morgan fingerprint density at radius 1 is 1.26 bits per heavy atom. The monoisotopic (exact) mass is 533 g/mol. The van der Waals surface area contributed by atoms with E-state index in [1.165, 1.54) is 12.1 Å². The van der Waals surface area contributed by atoms with E-state index in [4.69, 9.17) is 16.3 Å². The van der Waals surface area contributed by atoms with Crippen molar-refractivity contribution in [2.24, 2.45) is 0 Å². The minimum atomic E-state index is -0.402. The fourth-order valence-electron chi connectivity index (χ4n) is 4.82. The molecule has 3 aromatic heterocycles. The zero-order chi connectivity index (χ0) is 26.6. The molecule has 7 nitrogen and oxygen atoms in total. The predicted molar refractivity (Wildman–Crippen MR) is 148 cm³/mol. The van der Waals surface area contributed by atoms with E-state index in [1.54, 1.807) is 30.7 Å². The quantitative estimate of drug-likeness (QED) is 0.300. The van der Waals surface area contributed by atoms with Crippen molar-refractivity contribution in [2.75, 3.05) is 33.8 Å². The van der Waals surface area contributed by atoms with Gasteiger partial charge in [-0.05, 0) is 63.3 Å². The van der Waals surface area contributed by atoms with Crippen LogP contribution >= 0.6 is 11.6 Å². The molecule has 0 radical (unpaired) electrons. The van der Waals surface area contributed by atoms with E-state index in [-0.39, 0.29) is 11.9 Å². The highest BCUT2D eigenvalue weighted by Gasteiger charge is 2.29. The van der Waals surface area contributed by atoms with Crippen LogP contribution < -0.4 is 4.74 Å². The van der Waals surface area contributed by atoms with Gasteiger partial charge in [-0.3, -0.25) is 14.8 Å². The molecule has 9 heteroatoms. The second-order valence-electron chi connectivity index (χ2n) is 9.57. The van der Waals surface area contributed by atoms with E-state index in [9.17, 15) is 4.79 Å². The molecular formula is C29H29ClFN5O2. The Bertz CT molecular complexity index is 1490. The zero-order valence-electron chi connectivity index (χ0n) is 21.3. The van der Waals surface area contributed by atoms with Crippen molar-refractivity contribution in [2.45, 2.75) is 18.9 Å². The third-order valence-electron chi connectivity index (χ3n) is 6.63. The summed E-state index contributed by atoms with van der Waals surface area (Å²) in [5, 5.41) is 0.425. The molecule has 1 atom stereocenters. The van der Waals surface area contributed by atoms with E-state index >= 15 is 4.39 Å². The number of nitrogens with zero attached hydrogens (tertiary/aromatic N) is 4. The maximum absolute atomic E-state index is 15.1. The summed E-state index contributed by atoms with van der Waals surface area (Å²) in [6, 6.07) is 9.97. The number of aromatic nitrogens is 3. The van der Waals surface area contributed by atoms with Gasteiger partial charge >= 0.3 is 0 Å². The summed E-state index contributed by atoms with van der Waals surface area (Å²) in [7, 11) is 3.92. The molecule has 4 heterocycles. The first-order chi connectivity index (χ1) is 18.4. The second kappa shape index (κ2) is 11.3. The summed E-state index contributed by atoms with van der Waals surface area (Å²) < 4.78 is 21.4. The molecule has 0 bridgehead atoms. The van der Waals surface area contributed by atoms with Crippen molar-refractivity contribution < 1.29 is 13.9 Å². The zero-order valence-corrected chi connectivity index (χ0v) is 22.1. The highest BCUT2D eigenvalue weighted by atomic mass is 35.5. The third-order valence-corrected chi connectivity index (χ3v) is 6.86. The molecule has 0 aliphatic carbocycles. The van der Waals surface area contributed by atoms with Crippen molar-refractivity contribution in [3.63, 3.8) is 0 Å². The van der Waals surface area contributed by atoms with Crippen LogP contribution in [0.4, 0.5) is 4.39 Å². The van der Waals surface area contributed by atoms with Gasteiger partial charge in [-0.1, -0.05) is 17.7 Å². The molecule has 1 aliphatic heterocycles. The molecule has 4 aromatic rings. The molecular weight excluding hydrogens is 505 g/mol. The molecule has 1 fully saturated rings. The first-order valence-electron chi connectivity index (χ1n) is 12.5. The Morgan fingerprint density at radius 2 is 2.13 bits per heavy atom. The number of ether oxygens (including phenoxy) is 1. The normalized spacial score (nSPS) is 15.7. The number of likely N-dealkylation sites (tertiary alicyclic amines) is 1. The van der Waals surface area contributed by atoms with E-state index in [0.29, 0.717) is 58.4 Å². The van der Waals surface area contributed by atoms with Crippen LogP contribution in [-0.2, 0) is 4.79 Å². The molecule has 0 unspecified atom stereocenters. The van der Waals surface area contributed by atoms with Gasteiger partial charge in [0.2, 0.25) is 5.91 Å². The van der Waals surface area contributed by atoms with Gasteiger partial charge in [0.05, 0.1) is 29.0 Å². The first-order valence-corrected chi connectivity index (χ1v) is 12.9. The van der Waals surface area contributed by atoms with Gasteiger partial charge in [0.15, 0.2) is 0 Å². The number of benzene rings is 1. The Labute approximate surface area is 225 Å². The predicted octanol–water partition coefficient (Wildman–Crippen LogP) is 5.57. The number of amides is 1. The Hall–Kier alpha value is -3.75. The fourth-order valence-corrected chi connectivity index (χ4v) is 4.99. The van der Waals surface area contributed by atoms with Gasteiger partial charge in [-0.2, -0.15) is 0 Å². The van der Waals surface area contributed by atoms with Crippen molar-refractivity contribution in [1.82, 2.24) is 24.8 Å². The van der Waals surface area contributed by atoms with Crippen LogP contribution in [0.2, 0.25) is 5.02 Å². The average Bonchev–Trinajstić information content (AvgIpc) is 3.53. The number of H-pyrrole nitrogens is 1. The van der Waals surface area contributed by atoms with Crippen molar-refractivity contribution >= 4 is 28.5 Å². The maximum Gasteiger partial charge on any atom is 0.246 e. The van der Waals surface area contributed by atoms with Gasteiger partial charge in [0.1, 0.15) is 18.2 Å². The molecule has 1 saturated heterocycles. The number of likely N-dealkylation sites (N-methyl/N-ethyl adjacent to an activating group) is 1. The largest absolute Gasteiger partial charge is 0.489 e. The van der Waals surface area contributed by atoms with Crippen LogP contribution in [-0.4, -0.2) is 70.5 Å². The molecule has 1 N–H and O–H groups in total. The van der Waals surface area contributed by atoms with Crippen LogP contribution in [0.5, 0.6) is 5.75 Å². The molecule has 38 heavy (non-hydrogen) atoms. The molecule has 0 saturated carbocycles.